The molecule has 0 radical (unpaired) electrons. The Kier molecular flexibility index (Phi) is 5.56. The van der Waals surface area contributed by atoms with E-state index in [4.69, 9.17) is 4.18 Å². The number of ether oxygens (including phenoxy) is 1. The van der Waals surface area contributed by atoms with E-state index < -0.39 is 21.0 Å². The van der Waals surface area contributed by atoms with Gasteiger partial charge in [-0.05, 0) is 25.1 Å². The molecule has 0 atom stereocenters. The Morgan fingerprint density at radius 1 is 1.33 bits per heavy atom. The van der Waals surface area contributed by atoms with Crippen LogP contribution in [-0.4, -0.2) is 33.0 Å². The van der Waals surface area contributed by atoms with Crippen LogP contribution >= 0.6 is 0 Å². The highest BCUT2D eigenvalue weighted by Gasteiger charge is 2.16. The number of benzene rings is 1. The molecule has 8 nitrogen and oxygen atoms in total. The normalized spacial score (nSPS) is 12.0. The lowest BCUT2D eigenvalue weighted by Crippen LogP contribution is -2.08. The Labute approximate surface area is 121 Å². The van der Waals surface area contributed by atoms with Crippen molar-refractivity contribution in [2.24, 2.45) is 0 Å². The molecule has 0 N–H and O–H groups in total. The van der Waals surface area contributed by atoms with Crippen LogP contribution in [0.4, 0.5) is 5.69 Å². The Hall–Kier alpha value is -2.26. The van der Waals surface area contributed by atoms with E-state index in [9.17, 15) is 23.3 Å². The summed E-state index contributed by atoms with van der Waals surface area (Å²) in [5.41, 5.74) is -0.0215. The van der Waals surface area contributed by atoms with Gasteiger partial charge in [0.25, 0.3) is 15.8 Å². The van der Waals surface area contributed by atoms with E-state index in [2.05, 4.69) is 4.74 Å². The minimum absolute atomic E-state index is 0.205. The molecule has 0 aromatic heterocycles. The van der Waals surface area contributed by atoms with E-state index in [0.717, 1.165) is 24.3 Å². The molecular formula is C12H13NO7S. The van der Waals surface area contributed by atoms with Gasteiger partial charge in [-0.2, -0.15) is 8.42 Å². The third-order valence-electron chi connectivity index (χ3n) is 2.46. The maximum Gasteiger partial charge on any atom is 0.333 e. The number of esters is 1. The summed E-state index contributed by atoms with van der Waals surface area (Å²) in [5.74, 6) is -0.591. The lowest BCUT2D eigenvalue weighted by Gasteiger charge is -2.04. The first-order chi connectivity index (χ1) is 9.77. The molecule has 0 unspecified atom stereocenters. The van der Waals surface area contributed by atoms with Crippen molar-refractivity contribution in [3.05, 3.63) is 46.0 Å². The third kappa shape index (κ3) is 4.65. The Morgan fingerprint density at radius 2 is 1.90 bits per heavy atom. The highest BCUT2D eigenvalue weighted by Crippen LogP contribution is 2.17. The number of nitro benzene ring substituents is 1. The van der Waals surface area contributed by atoms with E-state index in [1.54, 1.807) is 0 Å². The number of nitrogens with zero attached hydrogens (tertiary/aromatic N) is 1. The molecule has 0 saturated carbocycles. The number of carbonyl (C=O) groups excluding carboxylic acids is 1. The fourth-order valence-electron chi connectivity index (χ4n) is 1.30. The van der Waals surface area contributed by atoms with Gasteiger partial charge >= 0.3 is 5.97 Å². The van der Waals surface area contributed by atoms with E-state index in [1.165, 1.54) is 20.1 Å². The van der Waals surface area contributed by atoms with Gasteiger partial charge in [0.2, 0.25) is 0 Å². The van der Waals surface area contributed by atoms with Crippen molar-refractivity contribution in [1.82, 2.24) is 0 Å². The van der Waals surface area contributed by atoms with E-state index in [0.29, 0.717) is 0 Å². The van der Waals surface area contributed by atoms with Crippen LogP contribution in [0.25, 0.3) is 0 Å². The summed E-state index contributed by atoms with van der Waals surface area (Å²) < 4.78 is 32.7. The van der Waals surface area contributed by atoms with Crippen LogP contribution < -0.4 is 0 Å². The van der Waals surface area contributed by atoms with Crippen LogP contribution in [0.1, 0.15) is 6.92 Å². The van der Waals surface area contributed by atoms with Crippen LogP contribution in [0.5, 0.6) is 0 Å². The summed E-state index contributed by atoms with van der Waals surface area (Å²) in [6.45, 7) is 1.11. The molecule has 1 aromatic carbocycles. The van der Waals surface area contributed by atoms with Gasteiger partial charge in [-0.1, -0.05) is 0 Å². The molecule has 0 aliphatic carbocycles. The largest absolute Gasteiger partial charge is 0.466 e. The van der Waals surface area contributed by atoms with Crippen molar-refractivity contribution in [3.63, 3.8) is 0 Å². The van der Waals surface area contributed by atoms with Gasteiger partial charge in [-0.3, -0.25) is 14.3 Å². The first kappa shape index (κ1) is 16.8. The molecule has 0 heterocycles. The molecular weight excluding hydrogens is 302 g/mol. The lowest BCUT2D eigenvalue weighted by molar-refractivity contribution is -0.384. The SMILES string of the molecule is COC(=O)/C(C)=C/COS(=O)(=O)c1ccc([N+](=O)[O-])cc1. The first-order valence-corrected chi connectivity index (χ1v) is 7.07. The lowest BCUT2D eigenvalue weighted by atomic mass is 10.3. The number of rotatable bonds is 6. The van der Waals surface area contributed by atoms with Crippen molar-refractivity contribution in [2.75, 3.05) is 13.7 Å². The second-order valence-electron chi connectivity index (χ2n) is 3.87. The number of nitro groups is 1. The van der Waals surface area contributed by atoms with Gasteiger partial charge < -0.3 is 4.74 Å². The number of non-ortho nitro benzene ring substituents is 1. The van der Waals surface area contributed by atoms with E-state index >= 15 is 0 Å². The number of carbonyl (C=O) groups is 1. The highest BCUT2D eigenvalue weighted by molar-refractivity contribution is 7.86. The third-order valence-corrected chi connectivity index (χ3v) is 3.75. The average molecular weight is 315 g/mol. The summed E-state index contributed by atoms with van der Waals surface area (Å²) in [5, 5.41) is 10.5. The molecule has 21 heavy (non-hydrogen) atoms. The van der Waals surface area contributed by atoms with Crippen LogP contribution in [-0.2, 0) is 23.8 Å². The van der Waals surface area contributed by atoms with Gasteiger partial charge in [0.05, 0.1) is 23.5 Å². The van der Waals surface area contributed by atoms with Gasteiger partial charge in [-0.25, -0.2) is 4.79 Å². The topological polar surface area (TPSA) is 113 Å². The van der Waals surface area contributed by atoms with Crippen molar-refractivity contribution in [1.29, 1.82) is 0 Å². The van der Waals surface area contributed by atoms with Crippen LogP contribution in [0.2, 0.25) is 0 Å². The Bertz CT molecular complexity index is 661. The fraction of sp³-hybridized carbons (Fsp3) is 0.250. The first-order valence-electron chi connectivity index (χ1n) is 5.67. The summed E-state index contributed by atoms with van der Waals surface area (Å²) in [7, 11) is -2.85. The minimum Gasteiger partial charge on any atom is -0.466 e. The van der Waals surface area contributed by atoms with Crippen molar-refractivity contribution < 1.29 is 27.1 Å². The van der Waals surface area contributed by atoms with Crippen molar-refractivity contribution in [3.8, 4) is 0 Å². The van der Waals surface area contributed by atoms with Gasteiger partial charge in [0.1, 0.15) is 0 Å². The molecule has 0 spiro atoms. The maximum absolute atomic E-state index is 11.8. The summed E-state index contributed by atoms with van der Waals surface area (Å²) in [6, 6.07) is 4.27. The molecule has 1 rings (SSSR count). The molecule has 9 heteroatoms. The second kappa shape index (κ2) is 6.95. The second-order valence-corrected chi connectivity index (χ2v) is 5.48. The minimum atomic E-state index is -4.05. The zero-order chi connectivity index (χ0) is 16.0. The molecule has 0 bridgehead atoms. The highest BCUT2D eigenvalue weighted by atomic mass is 32.2. The van der Waals surface area contributed by atoms with Gasteiger partial charge in [0, 0.05) is 17.7 Å². The quantitative estimate of drug-likeness (QED) is 0.256. The number of methoxy groups -OCH3 is 1. The zero-order valence-electron chi connectivity index (χ0n) is 11.3. The van der Waals surface area contributed by atoms with Crippen LogP contribution in [0, 0.1) is 10.1 Å². The molecule has 0 amide bonds. The van der Waals surface area contributed by atoms with Crippen LogP contribution in [0.3, 0.4) is 0 Å². The van der Waals surface area contributed by atoms with Gasteiger partial charge in [-0.15, -0.1) is 0 Å². The summed E-state index contributed by atoms with van der Waals surface area (Å²) in [6.07, 6.45) is 1.26. The van der Waals surface area contributed by atoms with E-state index in [1.807, 2.05) is 0 Å². The maximum atomic E-state index is 11.8. The summed E-state index contributed by atoms with van der Waals surface area (Å²) >= 11 is 0. The Balaban J connectivity index is 2.78. The monoisotopic (exact) mass is 315 g/mol. The van der Waals surface area contributed by atoms with Crippen molar-refractivity contribution in [2.45, 2.75) is 11.8 Å². The number of hydrogen-bond acceptors (Lipinski definition) is 7. The average Bonchev–Trinajstić information content (AvgIpc) is 2.46. The molecule has 1 aromatic rings. The molecule has 0 fully saturated rings. The predicted molar refractivity (Wildman–Crippen MR) is 72.0 cm³/mol. The van der Waals surface area contributed by atoms with Gasteiger partial charge in [0.15, 0.2) is 0 Å². The molecule has 0 aliphatic rings. The number of hydrogen-bond donors (Lipinski definition) is 0. The molecule has 0 aliphatic heterocycles. The smallest absolute Gasteiger partial charge is 0.333 e. The predicted octanol–water partition coefficient (Wildman–Crippen LogP) is 1.42. The zero-order valence-corrected chi connectivity index (χ0v) is 12.1. The Morgan fingerprint density at radius 3 is 2.38 bits per heavy atom. The fourth-order valence-corrected chi connectivity index (χ4v) is 2.15. The van der Waals surface area contributed by atoms with E-state index in [-0.39, 0.29) is 22.8 Å². The van der Waals surface area contributed by atoms with Crippen molar-refractivity contribution >= 4 is 21.8 Å². The molecule has 114 valence electrons. The standard InChI is InChI=1S/C12H13NO7S/c1-9(12(14)19-2)7-8-20-21(17,18)11-5-3-10(4-6-11)13(15)16/h3-7H,8H2,1-2H3/b9-7+. The summed E-state index contributed by atoms with van der Waals surface area (Å²) in [4.78, 5) is 20.7. The van der Waals surface area contributed by atoms with Crippen LogP contribution in [0.15, 0.2) is 40.8 Å². The molecule has 0 saturated heterocycles.